The Kier molecular flexibility index (Phi) is 6.62. The van der Waals surface area contributed by atoms with Gasteiger partial charge in [-0.25, -0.2) is 0 Å². The molecule has 0 radical (unpaired) electrons. The molecule has 1 saturated heterocycles. The number of pyridine rings is 1. The van der Waals surface area contributed by atoms with Crippen molar-refractivity contribution >= 4 is 28.9 Å². The van der Waals surface area contributed by atoms with Gasteiger partial charge in [-0.3, -0.25) is 14.7 Å². The van der Waals surface area contributed by atoms with Gasteiger partial charge in [-0.1, -0.05) is 29.8 Å². The van der Waals surface area contributed by atoms with Crippen LogP contribution in [-0.4, -0.2) is 48.5 Å². The summed E-state index contributed by atoms with van der Waals surface area (Å²) >= 11 is 6.03. The van der Waals surface area contributed by atoms with Crippen LogP contribution in [0.5, 0.6) is 0 Å². The van der Waals surface area contributed by atoms with E-state index in [0.29, 0.717) is 10.6 Å². The zero-order chi connectivity index (χ0) is 20.8. The normalized spacial score (nSPS) is 14.5. The summed E-state index contributed by atoms with van der Waals surface area (Å²) in [6, 6.07) is 19.1. The fourth-order valence-corrected chi connectivity index (χ4v) is 3.92. The van der Waals surface area contributed by atoms with Crippen LogP contribution in [0.3, 0.4) is 0 Å². The van der Waals surface area contributed by atoms with Crippen LogP contribution in [0.15, 0.2) is 73.1 Å². The van der Waals surface area contributed by atoms with E-state index < -0.39 is 0 Å². The van der Waals surface area contributed by atoms with Crippen molar-refractivity contribution in [3.8, 4) is 0 Å². The Balaban J connectivity index is 1.36. The van der Waals surface area contributed by atoms with E-state index in [0.717, 1.165) is 50.5 Å². The second kappa shape index (κ2) is 9.74. The van der Waals surface area contributed by atoms with E-state index in [-0.39, 0.29) is 5.91 Å². The number of carbonyl (C=O) groups excluding carboxylic acids is 1. The molecule has 1 aliphatic heterocycles. The topological polar surface area (TPSA) is 48.5 Å². The Bertz CT molecular complexity index is 987. The maximum absolute atomic E-state index is 12.7. The molecule has 154 valence electrons. The predicted molar refractivity (Wildman–Crippen MR) is 122 cm³/mol. The summed E-state index contributed by atoms with van der Waals surface area (Å²) in [4.78, 5) is 21.6. The van der Waals surface area contributed by atoms with Gasteiger partial charge in [-0.05, 0) is 54.4 Å². The van der Waals surface area contributed by atoms with Gasteiger partial charge in [0, 0.05) is 55.7 Å². The smallest absolute Gasteiger partial charge is 0.255 e. The van der Waals surface area contributed by atoms with Gasteiger partial charge in [0.05, 0.1) is 11.4 Å². The van der Waals surface area contributed by atoms with Crippen LogP contribution in [0.25, 0.3) is 0 Å². The summed E-state index contributed by atoms with van der Waals surface area (Å²) in [5.74, 6) is -0.152. The summed E-state index contributed by atoms with van der Waals surface area (Å²) in [6.07, 6.45) is 4.73. The lowest BCUT2D eigenvalue weighted by molar-refractivity contribution is 0.102. The number of aromatic nitrogens is 1. The second-order valence-corrected chi connectivity index (χ2v) is 7.85. The zero-order valence-electron chi connectivity index (χ0n) is 16.8. The SMILES string of the molecule is O=C(Nc1ccccc1N1CCN(CCc2ccncc2)CC1)c1cccc(Cl)c1. The Labute approximate surface area is 182 Å². The third-order valence-electron chi connectivity index (χ3n) is 5.42. The maximum atomic E-state index is 12.7. The molecule has 4 rings (SSSR count). The summed E-state index contributed by atoms with van der Waals surface area (Å²) in [6.45, 7) is 4.91. The second-order valence-electron chi connectivity index (χ2n) is 7.42. The molecule has 1 fully saturated rings. The lowest BCUT2D eigenvalue weighted by Crippen LogP contribution is -2.47. The van der Waals surface area contributed by atoms with Crippen molar-refractivity contribution in [3.05, 3.63) is 89.2 Å². The number of hydrogen-bond donors (Lipinski definition) is 1. The van der Waals surface area contributed by atoms with Crippen molar-refractivity contribution < 1.29 is 4.79 Å². The van der Waals surface area contributed by atoms with Crippen LogP contribution in [0.4, 0.5) is 11.4 Å². The molecular formula is C24H25ClN4O. The number of piperazine rings is 1. The first-order valence-corrected chi connectivity index (χ1v) is 10.6. The highest BCUT2D eigenvalue weighted by molar-refractivity contribution is 6.31. The quantitative estimate of drug-likeness (QED) is 0.644. The lowest BCUT2D eigenvalue weighted by atomic mass is 10.1. The molecule has 1 aliphatic rings. The van der Waals surface area contributed by atoms with E-state index in [9.17, 15) is 4.79 Å². The molecule has 0 unspecified atom stereocenters. The van der Waals surface area contributed by atoms with Crippen LogP contribution in [0, 0.1) is 0 Å². The van der Waals surface area contributed by atoms with Crippen molar-refractivity contribution in [1.82, 2.24) is 9.88 Å². The van der Waals surface area contributed by atoms with Crippen molar-refractivity contribution in [2.45, 2.75) is 6.42 Å². The molecule has 30 heavy (non-hydrogen) atoms. The van der Waals surface area contributed by atoms with E-state index in [4.69, 9.17) is 11.6 Å². The minimum Gasteiger partial charge on any atom is -0.367 e. The van der Waals surface area contributed by atoms with Crippen molar-refractivity contribution in [2.75, 3.05) is 42.9 Å². The van der Waals surface area contributed by atoms with Crippen LogP contribution in [-0.2, 0) is 6.42 Å². The monoisotopic (exact) mass is 420 g/mol. The maximum Gasteiger partial charge on any atom is 0.255 e. The Morgan fingerprint density at radius 2 is 1.73 bits per heavy atom. The number of hydrogen-bond acceptors (Lipinski definition) is 4. The molecule has 0 aliphatic carbocycles. The van der Waals surface area contributed by atoms with E-state index in [1.165, 1.54) is 5.56 Å². The van der Waals surface area contributed by atoms with Crippen LogP contribution in [0.1, 0.15) is 15.9 Å². The molecule has 0 atom stereocenters. The third kappa shape index (κ3) is 5.17. The molecule has 1 N–H and O–H groups in total. The number of carbonyl (C=O) groups is 1. The number of nitrogens with one attached hydrogen (secondary N) is 1. The van der Waals surface area contributed by atoms with Crippen LogP contribution in [0.2, 0.25) is 5.02 Å². The molecule has 3 aromatic rings. The number of halogens is 1. The van der Waals surface area contributed by atoms with E-state index in [1.807, 2.05) is 30.6 Å². The number of amides is 1. The average Bonchev–Trinajstić information content (AvgIpc) is 2.79. The van der Waals surface area contributed by atoms with Crippen LogP contribution >= 0.6 is 11.6 Å². The zero-order valence-corrected chi connectivity index (χ0v) is 17.6. The fourth-order valence-electron chi connectivity index (χ4n) is 3.73. The summed E-state index contributed by atoms with van der Waals surface area (Å²) < 4.78 is 0. The number of para-hydroxylation sites is 2. The lowest BCUT2D eigenvalue weighted by Gasteiger charge is -2.37. The summed E-state index contributed by atoms with van der Waals surface area (Å²) in [7, 11) is 0. The minimum atomic E-state index is -0.152. The first-order chi connectivity index (χ1) is 14.7. The molecule has 0 bridgehead atoms. The van der Waals surface area contributed by atoms with Crippen molar-refractivity contribution in [1.29, 1.82) is 0 Å². The summed E-state index contributed by atoms with van der Waals surface area (Å²) in [5, 5.41) is 3.60. The molecule has 1 aromatic heterocycles. The van der Waals surface area contributed by atoms with Crippen molar-refractivity contribution in [3.63, 3.8) is 0 Å². The van der Waals surface area contributed by atoms with Gasteiger partial charge in [0.2, 0.25) is 0 Å². The molecule has 1 amide bonds. The number of rotatable bonds is 6. The summed E-state index contributed by atoms with van der Waals surface area (Å²) in [5.41, 5.74) is 3.76. The highest BCUT2D eigenvalue weighted by atomic mass is 35.5. The van der Waals surface area contributed by atoms with Crippen LogP contribution < -0.4 is 10.2 Å². The third-order valence-corrected chi connectivity index (χ3v) is 5.65. The van der Waals surface area contributed by atoms with Gasteiger partial charge < -0.3 is 10.2 Å². The Hall–Kier alpha value is -2.89. The predicted octanol–water partition coefficient (Wildman–Crippen LogP) is 4.35. The number of anilines is 2. The van der Waals surface area contributed by atoms with Crippen molar-refractivity contribution in [2.24, 2.45) is 0 Å². The molecular weight excluding hydrogens is 396 g/mol. The minimum absolute atomic E-state index is 0.152. The highest BCUT2D eigenvalue weighted by Gasteiger charge is 2.20. The van der Waals surface area contributed by atoms with Gasteiger partial charge in [0.25, 0.3) is 5.91 Å². The van der Waals surface area contributed by atoms with E-state index >= 15 is 0 Å². The molecule has 5 nitrogen and oxygen atoms in total. The molecule has 6 heteroatoms. The van der Waals surface area contributed by atoms with Gasteiger partial charge in [-0.2, -0.15) is 0 Å². The number of benzene rings is 2. The first-order valence-electron chi connectivity index (χ1n) is 10.2. The van der Waals surface area contributed by atoms with Gasteiger partial charge >= 0.3 is 0 Å². The van der Waals surface area contributed by atoms with Gasteiger partial charge in [-0.15, -0.1) is 0 Å². The van der Waals surface area contributed by atoms with E-state index in [1.54, 1.807) is 24.3 Å². The Morgan fingerprint density at radius 3 is 2.50 bits per heavy atom. The number of nitrogens with zero attached hydrogens (tertiary/aromatic N) is 3. The molecule has 2 aromatic carbocycles. The molecule has 0 spiro atoms. The first kappa shape index (κ1) is 20.4. The molecule has 2 heterocycles. The average molecular weight is 421 g/mol. The van der Waals surface area contributed by atoms with Gasteiger partial charge in [0.1, 0.15) is 0 Å². The standard InChI is InChI=1S/C24H25ClN4O/c25-21-5-3-4-20(18-21)24(30)27-22-6-1-2-7-23(22)29-16-14-28(15-17-29)13-10-19-8-11-26-12-9-19/h1-9,11-12,18H,10,13-17H2,(H,27,30). The highest BCUT2D eigenvalue weighted by Crippen LogP contribution is 2.27. The fraction of sp³-hybridized carbons (Fsp3) is 0.250. The Morgan fingerprint density at radius 1 is 0.967 bits per heavy atom. The van der Waals surface area contributed by atoms with E-state index in [2.05, 4.69) is 38.3 Å². The van der Waals surface area contributed by atoms with Gasteiger partial charge in [0.15, 0.2) is 0 Å². The largest absolute Gasteiger partial charge is 0.367 e. The molecule has 0 saturated carbocycles.